The molecular formula is C25H29NO4S2. The molecule has 3 rings (SSSR count). The normalized spacial score (nSPS) is 15.9. The largest absolute Gasteiger partial charge is 0.493 e. The fourth-order valence-electron chi connectivity index (χ4n) is 3.15. The fraction of sp³-hybridized carbons (Fsp3) is 0.360. The van der Waals surface area contributed by atoms with Gasteiger partial charge in [-0.15, -0.1) is 0 Å². The van der Waals surface area contributed by atoms with Crippen molar-refractivity contribution >= 4 is 40.3 Å². The topological polar surface area (TPSA) is 48.0 Å². The highest BCUT2D eigenvalue weighted by molar-refractivity contribution is 8.26. The van der Waals surface area contributed by atoms with E-state index in [0.29, 0.717) is 39.9 Å². The van der Waals surface area contributed by atoms with E-state index in [4.69, 9.17) is 26.4 Å². The quantitative estimate of drug-likeness (QED) is 0.245. The maximum Gasteiger partial charge on any atom is 0.265 e. The van der Waals surface area contributed by atoms with Crippen molar-refractivity contribution < 1.29 is 19.0 Å². The van der Waals surface area contributed by atoms with Crippen LogP contribution >= 0.6 is 24.0 Å². The first-order chi connectivity index (χ1) is 15.4. The van der Waals surface area contributed by atoms with Gasteiger partial charge in [-0.1, -0.05) is 56.0 Å². The third kappa shape index (κ3) is 6.04. The molecule has 5 nitrogen and oxygen atoms in total. The number of rotatable bonds is 10. The van der Waals surface area contributed by atoms with Crippen molar-refractivity contribution in [2.45, 2.75) is 32.6 Å². The average Bonchev–Trinajstić information content (AvgIpc) is 3.05. The molecule has 0 bridgehead atoms. The Morgan fingerprint density at radius 3 is 2.44 bits per heavy atom. The van der Waals surface area contributed by atoms with E-state index in [0.717, 1.165) is 24.2 Å². The van der Waals surface area contributed by atoms with Gasteiger partial charge in [0.25, 0.3) is 5.91 Å². The number of nitrogens with zero attached hydrogens (tertiary/aromatic N) is 1. The van der Waals surface area contributed by atoms with E-state index in [-0.39, 0.29) is 5.91 Å². The number of carbonyl (C=O) groups excluding carboxylic acids is 1. The highest BCUT2D eigenvalue weighted by atomic mass is 32.2. The van der Waals surface area contributed by atoms with Crippen molar-refractivity contribution in [3.63, 3.8) is 0 Å². The minimum absolute atomic E-state index is 0.0891. The zero-order valence-corrected chi connectivity index (χ0v) is 20.6. The van der Waals surface area contributed by atoms with Crippen LogP contribution < -0.4 is 14.2 Å². The van der Waals surface area contributed by atoms with Crippen molar-refractivity contribution in [2.75, 3.05) is 27.4 Å². The number of carbonyl (C=O) groups is 1. The highest BCUT2D eigenvalue weighted by Crippen LogP contribution is 2.34. The van der Waals surface area contributed by atoms with E-state index in [1.54, 1.807) is 14.2 Å². The van der Waals surface area contributed by atoms with Crippen LogP contribution in [0.15, 0.2) is 47.4 Å². The summed E-state index contributed by atoms with van der Waals surface area (Å²) < 4.78 is 17.7. The molecule has 1 amide bonds. The number of thiocarbonyl (C=S) groups is 1. The monoisotopic (exact) mass is 471 g/mol. The van der Waals surface area contributed by atoms with Gasteiger partial charge in [-0.25, -0.2) is 0 Å². The van der Waals surface area contributed by atoms with E-state index < -0.39 is 0 Å². The molecule has 1 aliphatic heterocycles. The Morgan fingerprint density at radius 2 is 1.81 bits per heavy atom. The number of likely N-dealkylation sites (N-methyl/N-ethyl adjacent to an activating group) is 1. The van der Waals surface area contributed by atoms with E-state index in [2.05, 4.69) is 26.0 Å². The predicted octanol–water partition coefficient (Wildman–Crippen LogP) is 5.89. The highest BCUT2D eigenvalue weighted by Gasteiger charge is 2.28. The fourth-order valence-corrected chi connectivity index (χ4v) is 4.33. The third-order valence-corrected chi connectivity index (χ3v) is 6.83. The van der Waals surface area contributed by atoms with Gasteiger partial charge in [-0.2, -0.15) is 0 Å². The van der Waals surface area contributed by atoms with Crippen molar-refractivity contribution in [2.24, 2.45) is 0 Å². The van der Waals surface area contributed by atoms with Crippen molar-refractivity contribution in [3.05, 3.63) is 58.5 Å². The van der Waals surface area contributed by atoms with Crippen LogP contribution in [0.5, 0.6) is 17.2 Å². The SMILES string of the molecule is CCC(C)c1ccc(OCCCOc2ccc(/C=C3/SC(=S)N(C)C3=O)cc2OC)cc1. The van der Waals surface area contributed by atoms with Crippen molar-refractivity contribution in [1.82, 2.24) is 4.90 Å². The van der Waals surface area contributed by atoms with Crippen LogP contribution in [-0.2, 0) is 4.79 Å². The lowest BCUT2D eigenvalue weighted by atomic mass is 9.99. The minimum atomic E-state index is -0.0891. The molecule has 170 valence electrons. The van der Waals surface area contributed by atoms with E-state index in [1.165, 1.54) is 22.2 Å². The lowest BCUT2D eigenvalue weighted by Gasteiger charge is -2.13. The van der Waals surface area contributed by atoms with Crippen LogP contribution in [-0.4, -0.2) is 42.5 Å². The molecule has 1 aliphatic rings. The Bertz CT molecular complexity index is 988. The molecule has 32 heavy (non-hydrogen) atoms. The Hall–Kier alpha value is -2.51. The molecule has 0 aromatic heterocycles. The molecule has 0 spiro atoms. The molecule has 1 atom stereocenters. The number of amides is 1. The van der Waals surface area contributed by atoms with Gasteiger partial charge < -0.3 is 14.2 Å². The summed E-state index contributed by atoms with van der Waals surface area (Å²) in [4.78, 5) is 14.3. The Balaban J connectivity index is 1.50. The van der Waals surface area contributed by atoms with Gasteiger partial charge in [0.2, 0.25) is 0 Å². The molecule has 0 N–H and O–H groups in total. The number of ether oxygens (including phenoxy) is 3. The third-order valence-electron chi connectivity index (χ3n) is 5.35. The predicted molar refractivity (Wildman–Crippen MR) is 135 cm³/mol. The van der Waals surface area contributed by atoms with Gasteiger partial charge in [0.1, 0.15) is 10.1 Å². The maximum atomic E-state index is 12.2. The van der Waals surface area contributed by atoms with Gasteiger partial charge in [-0.3, -0.25) is 9.69 Å². The molecule has 1 saturated heterocycles. The summed E-state index contributed by atoms with van der Waals surface area (Å²) in [6.07, 6.45) is 3.69. The van der Waals surface area contributed by atoms with Crippen LogP contribution in [0.4, 0.5) is 0 Å². The van der Waals surface area contributed by atoms with Gasteiger partial charge in [0, 0.05) is 13.5 Å². The van der Waals surface area contributed by atoms with Crippen LogP contribution in [0.1, 0.15) is 43.7 Å². The molecular weight excluding hydrogens is 442 g/mol. The lowest BCUT2D eigenvalue weighted by Crippen LogP contribution is -2.22. The average molecular weight is 472 g/mol. The summed E-state index contributed by atoms with van der Waals surface area (Å²) in [6, 6.07) is 13.9. The van der Waals surface area contributed by atoms with Crippen LogP contribution in [0, 0.1) is 0 Å². The van der Waals surface area contributed by atoms with Gasteiger partial charge >= 0.3 is 0 Å². The van der Waals surface area contributed by atoms with Crippen LogP contribution in [0.3, 0.4) is 0 Å². The number of hydrogen-bond donors (Lipinski definition) is 0. The number of thioether (sulfide) groups is 1. The lowest BCUT2D eigenvalue weighted by molar-refractivity contribution is -0.121. The van der Waals surface area contributed by atoms with Crippen LogP contribution in [0.25, 0.3) is 6.08 Å². The molecule has 0 radical (unpaired) electrons. The molecule has 2 aromatic rings. The van der Waals surface area contributed by atoms with Crippen LogP contribution in [0.2, 0.25) is 0 Å². The van der Waals surface area contributed by atoms with Gasteiger partial charge in [0.05, 0.1) is 25.2 Å². The number of methoxy groups -OCH3 is 1. The van der Waals surface area contributed by atoms with E-state index in [9.17, 15) is 4.79 Å². The zero-order valence-electron chi connectivity index (χ0n) is 18.9. The standard InChI is InChI=1S/C25H29NO4S2/c1-5-17(2)19-8-10-20(11-9-19)29-13-6-14-30-21-12-7-18(15-22(21)28-4)16-23-24(27)26(3)25(31)32-23/h7-12,15-17H,5-6,13-14H2,1-4H3/b23-16+. The molecule has 1 heterocycles. The van der Waals surface area contributed by atoms with Crippen molar-refractivity contribution in [3.8, 4) is 17.2 Å². The maximum absolute atomic E-state index is 12.2. The zero-order chi connectivity index (χ0) is 23.1. The van der Waals surface area contributed by atoms with E-state index in [1.807, 2.05) is 36.4 Å². The summed E-state index contributed by atoms with van der Waals surface area (Å²) >= 11 is 6.47. The second kappa shape index (κ2) is 11.4. The van der Waals surface area contributed by atoms with Gasteiger partial charge in [0.15, 0.2) is 11.5 Å². The number of hydrogen-bond acceptors (Lipinski definition) is 6. The molecule has 2 aromatic carbocycles. The van der Waals surface area contributed by atoms with E-state index >= 15 is 0 Å². The molecule has 7 heteroatoms. The Labute approximate surface area is 199 Å². The van der Waals surface area contributed by atoms with Gasteiger partial charge in [-0.05, 0) is 53.8 Å². The minimum Gasteiger partial charge on any atom is -0.493 e. The second-order valence-electron chi connectivity index (χ2n) is 7.58. The number of benzene rings is 2. The summed E-state index contributed by atoms with van der Waals surface area (Å²) in [5.74, 6) is 2.62. The first-order valence-electron chi connectivity index (χ1n) is 10.7. The first kappa shape index (κ1) is 24.1. The molecule has 0 aliphatic carbocycles. The Kier molecular flexibility index (Phi) is 8.59. The molecule has 0 saturated carbocycles. The summed E-state index contributed by atoms with van der Waals surface area (Å²) in [5, 5.41) is 0. The first-order valence-corrected chi connectivity index (χ1v) is 11.9. The smallest absolute Gasteiger partial charge is 0.265 e. The summed E-state index contributed by atoms with van der Waals surface area (Å²) in [7, 11) is 3.28. The summed E-state index contributed by atoms with van der Waals surface area (Å²) in [6.45, 7) is 5.50. The molecule has 1 unspecified atom stereocenters. The second-order valence-corrected chi connectivity index (χ2v) is 9.26. The Morgan fingerprint density at radius 1 is 1.09 bits per heavy atom. The van der Waals surface area contributed by atoms with Crippen molar-refractivity contribution in [1.29, 1.82) is 0 Å². The molecule has 1 fully saturated rings. The summed E-state index contributed by atoms with van der Waals surface area (Å²) in [5.41, 5.74) is 2.19.